The first kappa shape index (κ1) is 13.0. The molecule has 2 heterocycles. The number of carboxylic acids is 1. The highest BCUT2D eigenvalue weighted by atomic mass is 16.4. The summed E-state index contributed by atoms with van der Waals surface area (Å²) >= 11 is 0. The van der Waals surface area contributed by atoms with Crippen LogP contribution in [0.2, 0.25) is 0 Å². The number of nitrogens with one attached hydrogen (secondary N) is 2. The maximum Gasteiger partial charge on any atom is 0.305 e. The Morgan fingerprint density at radius 1 is 1.42 bits per heavy atom. The van der Waals surface area contributed by atoms with Gasteiger partial charge in [-0.2, -0.15) is 5.10 Å². The molecule has 19 heavy (non-hydrogen) atoms. The summed E-state index contributed by atoms with van der Waals surface area (Å²) in [5, 5.41) is 18.6. The number of pyridine rings is 1. The number of nitrogens with zero attached hydrogens (tertiary/aromatic N) is 2. The second-order valence-electron chi connectivity index (χ2n) is 4.26. The average Bonchev–Trinajstić information content (AvgIpc) is 2.69. The van der Waals surface area contributed by atoms with Crippen LogP contribution in [-0.4, -0.2) is 38.7 Å². The number of fused-ring (bicyclic) bond motifs is 1. The minimum absolute atomic E-state index is 0.0912. The zero-order chi connectivity index (χ0) is 14.0. The molecule has 0 bridgehead atoms. The van der Waals surface area contributed by atoms with E-state index in [1.165, 1.54) is 0 Å². The van der Waals surface area contributed by atoms with E-state index in [1.807, 2.05) is 0 Å². The lowest BCUT2D eigenvalue weighted by atomic mass is 10.1. The van der Waals surface area contributed by atoms with Gasteiger partial charge in [0.2, 0.25) is 0 Å². The maximum absolute atomic E-state index is 12.1. The van der Waals surface area contributed by atoms with Crippen LogP contribution in [0.4, 0.5) is 0 Å². The Bertz CT molecular complexity index is 648. The molecule has 0 fully saturated rings. The number of hydrogen-bond donors (Lipinski definition) is 3. The van der Waals surface area contributed by atoms with E-state index in [1.54, 1.807) is 19.9 Å². The molecular weight excluding hydrogens is 248 g/mol. The number of carboxylic acid groups (broad SMARTS) is 1. The van der Waals surface area contributed by atoms with Crippen LogP contribution in [0, 0.1) is 13.8 Å². The van der Waals surface area contributed by atoms with Crippen LogP contribution in [0.1, 0.15) is 28.2 Å². The standard InChI is InChI=1S/C12H14N4O3/c1-6-5-8(12(19)13-4-3-9(17)18)10-7(2)15-16-11(10)14-6/h5H,3-4H2,1-2H3,(H,13,19)(H,17,18)(H,14,15,16). The second kappa shape index (κ2) is 5.05. The predicted molar refractivity (Wildman–Crippen MR) is 67.9 cm³/mol. The van der Waals surface area contributed by atoms with Gasteiger partial charge in [0.05, 0.1) is 17.4 Å². The van der Waals surface area contributed by atoms with Gasteiger partial charge in [0.1, 0.15) is 0 Å². The molecule has 0 aromatic carbocycles. The van der Waals surface area contributed by atoms with Crippen LogP contribution in [0.15, 0.2) is 6.07 Å². The number of aromatic nitrogens is 3. The van der Waals surface area contributed by atoms with Gasteiger partial charge in [0, 0.05) is 17.9 Å². The van der Waals surface area contributed by atoms with Gasteiger partial charge in [-0.25, -0.2) is 4.98 Å². The van der Waals surface area contributed by atoms with Crippen LogP contribution in [0.25, 0.3) is 11.0 Å². The molecule has 1 amide bonds. The lowest BCUT2D eigenvalue weighted by Gasteiger charge is -2.06. The molecule has 2 aromatic rings. The minimum Gasteiger partial charge on any atom is -0.481 e. The van der Waals surface area contributed by atoms with Crippen molar-refractivity contribution in [2.45, 2.75) is 20.3 Å². The monoisotopic (exact) mass is 262 g/mol. The summed E-state index contributed by atoms with van der Waals surface area (Å²) in [6.45, 7) is 3.67. The van der Waals surface area contributed by atoms with E-state index >= 15 is 0 Å². The van der Waals surface area contributed by atoms with Gasteiger partial charge >= 0.3 is 5.97 Å². The Morgan fingerprint density at radius 2 is 2.16 bits per heavy atom. The van der Waals surface area contributed by atoms with Crippen molar-refractivity contribution in [2.24, 2.45) is 0 Å². The first-order valence-corrected chi connectivity index (χ1v) is 5.81. The van der Waals surface area contributed by atoms with Crippen molar-refractivity contribution in [1.82, 2.24) is 20.5 Å². The molecule has 0 saturated heterocycles. The van der Waals surface area contributed by atoms with Crippen molar-refractivity contribution in [3.05, 3.63) is 23.0 Å². The molecule has 0 aliphatic heterocycles. The van der Waals surface area contributed by atoms with Crippen LogP contribution in [0.3, 0.4) is 0 Å². The molecule has 100 valence electrons. The smallest absolute Gasteiger partial charge is 0.305 e. The fraction of sp³-hybridized carbons (Fsp3) is 0.333. The summed E-state index contributed by atoms with van der Waals surface area (Å²) in [5.41, 5.74) is 2.38. The molecule has 2 aromatic heterocycles. The minimum atomic E-state index is -0.948. The van der Waals surface area contributed by atoms with Gasteiger partial charge < -0.3 is 10.4 Å². The highest BCUT2D eigenvalue weighted by Gasteiger charge is 2.15. The van der Waals surface area contributed by atoms with Gasteiger partial charge in [0.15, 0.2) is 5.65 Å². The number of rotatable bonds is 4. The largest absolute Gasteiger partial charge is 0.481 e. The van der Waals surface area contributed by atoms with E-state index in [2.05, 4.69) is 20.5 Å². The van der Waals surface area contributed by atoms with Crippen LogP contribution >= 0.6 is 0 Å². The lowest BCUT2D eigenvalue weighted by Crippen LogP contribution is -2.26. The van der Waals surface area contributed by atoms with Crippen molar-refractivity contribution >= 4 is 22.9 Å². The van der Waals surface area contributed by atoms with E-state index < -0.39 is 5.97 Å². The zero-order valence-electron chi connectivity index (χ0n) is 10.6. The number of aromatic amines is 1. The molecule has 7 nitrogen and oxygen atoms in total. The molecule has 3 N–H and O–H groups in total. The number of carbonyl (C=O) groups excluding carboxylic acids is 1. The summed E-state index contributed by atoms with van der Waals surface area (Å²) in [6.07, 6.45) is -0.108. The Balaban J connectivity index is 2.30. The topological polar surface area (TPSA) is 108 Å². The first-order chi connectivity index (χ1) is 8.99. The fourth-order valence-electron chi connectivity index (χ4n) is 1.86. The van der Waals surface area contributed by atoms with Gasteiger partial charge in [-0.3, -0.25) is 14.7 Å². The third kappa shape index (κ3) is 2.70. The Hall–Kier alpha value is -2.44. The van der Waals surface area contributed by atoms with Crippen LogP contribution in [-0.2, 0) is 4.79 Å². The fourth-order valence-corrected chi connectivity index (χ4v) is 1.86. The zero-order valence-corrected chi connectivity index (χ0v) is 10.6. The van der Waals surface area contributed by atoms with E-state index in [0.29, 0.717) is 22.3 Å². The molecule has 0 spiro atoms. The van der Waals surface area contributed by atoms with E-state index in [9.17, 15) is 9.59 Å². The Morgan fingerprint density at radius 3 is 2.84 bits per heavy atom. The predicted octanol–water partition coefficient (Wildman–Crippen LogP) is 0.779. The number of carbonyl (C=O) groups is 2. The third-order valence-electron chi connectivity index (χ3n) is 2.70. The number of hydrogen-bond acceptors (Lipinski definition) is 4. The molecular formula is C12H14N4O3. The van der Waals surface area contributed by atoms with Crippen molar-refractivity contribution in [2.75, 3.05) is 6.54 Å². The summed E-state index contributed by atoms with van der Waals surface area (Å²) in [5.74, 6) is -1.27. The number of aliphatic carboxylic acids is 1. The number of aryl methyl sites for hydroxylation is 2. The molecule has 0 radical (unpaired) electrons. The summed E-state index contributed by atoms with van der Waals surface area (Å²) < 4.78 is 0. The molecule has 0 aliphatic rings. The number of H-pyrrole nitrogens is 1. The third-order valence-corrected chi connectivity index (χ3v) is 2.70. The van der Waals surface area contributed by atoms with E-state index in [0.717, 1.165) is 5.69 Å². The molecule has 0 atom stereocenters. The van der Waals surface area contributed by atoms with Gasteiger partial charge in [-0.15, -0.1) is 0 Å². The van der Waals surface area contributed by atoms with Crippen molar-refractivity contribution < 1.29 is 14.7 Å². The quantitative estimate of drug-likeness (QED) is 0.754. The lowest BCUT2D eigenvalue weighted by molar-refractivity contribution is -0.136. The van der Waals surface area contributed by atoms with E-state index in [4.69, 9.17) is 5.11 Å². The molecule has 0 aliphatic carbocycles. The molecule has 0 unspecified atom stereocenters. The van der Waals surface area contributed by atoms with Crippen LogP contribution < -0.4 is 5.32 Å². The van der Waals surface area contributed by atoms with Gasteiger partial charge in [-0.05, 0) is 19.9 Å². The summed E-state index contributed by atoms with van der Waals surface area (Å²) in [7, 11) is 0. The maximum atomic E-state index is 12.1. The Kier molecular flexibility index (Phi) is 3.46. The van der Waals surface area contributed by atoms with Crippen molar-refractivity contribution in [1.29, 1.82) is 0 Å². The SMILES string of the molecule is Cc1cc(C(=O)NCCC(=O)O)c2c(C)[nH]nc2n1. The average molecular weight is 262 g/mol. The van der Waals surface area contributed by atoms with Gasteiger partial charge in [0.25, 0.3) is 5.91 Å². The second-order valence-corrected chi connectivity index (χ2v) is 4.26. The van der Waals surface area contributed by atoms with Gasteiger partial charge in [-0.1, -0.05) is 0 Å². The highest BCUT2D eigenvalue weighted by molar-refractivity contribution is 6.06. The normalized spacial score (nSPS) is 10.6. The van der Waals surface area contributed by atoms with Crippen LogP contribution in [0.5, 0.6) is 0 Å². The van der Waals surface area contributed by atoms with Crippen molar-refractivity contribution in [3.63, 3.8) is 0 Å². The molecule has 2 rings (SSSR count). The number of amides is 1. The first-order valence-electron chi connectivity index (χ1n) is 5.81. The molecule has 0 saturated carbocycles. The Labute approximate surface area is 109 Å². The van der Waals surface area contributed by atoms with E-state index in [-0.39, 0.29) is 18.9 Å². The summed E-state index contributed by atoms with van der Waals surface area (Å²) in [4.78, 5) is 26.7. The highest BCUT2D eigenvalue weighted by Crippen LogP contribution is 2.19. The van der Waals surface area contributed by atoms with Crippen molar-refractivity contribution in [3.8, 4) is 0 Å². The summed E-state index contributed by atoms with van der Waals surface area (Å²) in [6, 6.07) is 1.67. The molecule has 7 heteroatoms.